The molecule has 4 aromatic rings. The Morgan fingerprint density at radius 2 is 1.80 bits per heavy atom. The van der Waals surface area contributed by atoms with E-state index in [1.807, 2.05) is 48.8 Å². The number of fused-ring (bicyclic) bond motifs is 1. The van der Waals surface area contributed by atoms with Crippen LogP contribution in [0, 0.1) is 0 Å². The maximum absolute atomic E-state index is 5.90. The smallest absolute Gasteiger partial charge is 0.137 e. The first-order valence-electron chi connectivity index (χ1n) is 8.12. The molecule has 3 aromatic heterocycles. The van der Waals surface area contributed by atoms with Crippen LogP contribution >= 0.6 is 11.6 Å². The molecule has 1 aromatic carbocycles. The maximum atomic E-state index is 5.90. The normalized spacial score (nSPS) is 10.9. The van der Waals surface area contributed by atoms with E-state index in [-0.39, 0.29) is 0 Å². The lowest BCUT2D eigenvalue weighted by Crippen LogP contribution is -2.01. The van der Waals surface area contributed by atoms with Gasteiger partial charge in [0, 0.05) is 42.0 Å². The number of H-pyrrole nitrogens is 1. The minimum Gasteiger partial charge on any atom is -0.366 e. The third-order valence-electron chi connectivity index (χ3n) is 4.14. The monoisotopic (exact) mass is 348 g/mol. The van der Waals surface area contributed by atoms with Crippen LogP contribution in [0.15, 0.2) is 67.1 Å². The van der Waals surface area contributed by atoms with Crippen LogP contribution < -0.4 is 5.32 Å². The molecule has 5 heteroatoms. The molecule has 0 spiro atoms. The molecule has 3 heterocycles. The average molecular weight is 349 g/mol. The molecule has 4 nitrogen and oxygen atoms in total. The van der Waals surface area contributed by atoms with Crippen LogP contribution in [0.25, 0.3) is 11.0 Å². The summed E-state index contributed by atoms with van der Waals surface area (Å²) in [4.78, 5) is 12.0. The second-order valence-electron chi connectivity index (χ2n) is 5.92. The Hall–Kier alpha value is -2.85. The van der Waals surface area contributed by atoms with Crippen LogP contribution in [-0.4, -0.2) is 15.0 Å². The van der Waals surface area contributed by atoms with E-state index in [0.717, 1.165) is 34.8 Å². The van der Waals surface area contributed by atoms with Crippen LogP contribution in [0.2, 0.25) is 5.02 Å². The van der Waals surface area contributed by atoms with Gasteiger partial charge in [-0.1, -0.05) is 29.8 Å². The van der Waals surface area contributed by atoms with Crippen LogP contribution in [0.1, 0.15) is 16.7 Å². The topological polar surface area (TPSA) is 53.6 Å². The summed E-state index contributed by atoms with van der Waals surface area (Å²) in [6.45, 7) is 0.720. The number of hydrogen-bond donors (Lipinski definition) is 2. The highest BCUT2D eigenvalue weighted by atomic mass is 35.5. The zero-order valence-corrected chi connectivity index (χ0v) is 14.3. The predicted octanol–water partition coefficient (Wildman–Crippen LogP) is 4.81. The highest BCUT2D eigenvalue weighted by Gasteiger charge is 2.05. The van der Waals surface area contributed by atoms with E-state index in [9.17, 15) is 0 Å². The van der Waals surface area contributed by atoms with Gasteiger partial charge < -0.3 is 10.3 Å². The second-order valence-corrected chi connectivity index (χ2v) is 6.36. The van der Waals surface area contributed by atoms with Gasteiger partial charge in [-0.25, -0.2) is 9.97 Å². The zero-order chi connectivity index (χ0) is 17.1. The van der Waals surface area contributed by atoms with E-state index in [1.165, 1.54) is 16.7 Å². The van der Waals surface area contributed by atoms with Crippen LogP contribution in [0.3, 0.4) is 0 Å². The first kappa shape index (κ1) is 15.7. The minimum absolute atomic E-state index is 0.720. The lowest BCUT2D eigenvalue weighted by molar-refractivity contribution is 1.09. The summed E-state index contributed by atoms with van der Waals surface area (Å²) in [5.41, 5.74) is 4.49. The number of hydrogen-bond acceptors (Lipinski definition) is 3. The van der Waals surface area contributed by atoms with Gasteiger partial charge >= 0.3 is 0 Å². The summed E-state index contributed by atoms with van der Waals surface area (Å²) in [5, 5.41) is 5.23. The number of nitrogens with one attached hydrogen (secondary N) is 2. The molecule has 0 radical (unpaired) electrons. The van der Waals surface area contributed by atoms with Crippen molar-refractivity contribution in [3.05, 3.63) is 88.8 Å². The Bertz CT molecular complexity index is 975. The van der Waals surface area contributed by atoms with Gasteiger partial charge in [0.2, 0.25) is 0 Å². The van der Waals surface area contributed by atoms with Gasteiger partial charge in [0.1, 0.15) is 11.5 Å². The predicted molar refractivity (Wildman–Crippen MR) is 102 cm³/mol. The summed E-state index contributed by atoms with van der Waals surface area (Å²) < 4.78 is 0. The van der Waals surface area contributed by atoms with Crippen molar-refractivity contribution in [2.75, 3.05) is 5.32 Å². The van der Waals surface area contributed by atoms with Crippen molar-refractivity contribution in [2.45, 2.75) is 13.0 Å². The largest absolute Gasteiger partial charge is 0.366 e. The van der Waals surface area contributed by atoms with E-state index in [1.54, 1.807) is 6.20 Å². The van der Waals surface area contributed by atoms with Gasteiger partial charge in [0.15, 0.2) is 0 Å². The number of aromatic nitrogens is 3. The third kappa shape index (κ3) is 3.64. The molecule has 0 unspecified atom stereocenters. The molecule has 0 aliphatic rings. The van der Waals surface area contributed by atoms with Crippen molar-refractivity contribution < 1.29 is 0 Å². The van der Waals surface area contributed by atoms with Crippen molar-refractivity contribution in [1.29, 1.82) is 0 Å². The van der Waals surface area contributed by atoms with Crippen molar-refractivity contribution >= 4 is 28.5 Å². The van der Waals surface area contributed by atoms with Crippen LogP contribution in [0.5, 0.6) is 0 Å². The van der Waals surface area contributed by atoms with Crippen molar-refractivity contribution in [3.63, 3.8) is 0 Å². The average Bonchev–Trinajstić information content (AvgIpc) is 3.06. The van der Waals surface area contributed by atoms with Crippen molar-refractivity contribution in [2.24, 2.45) is 0 Å². The second kappa shape index (κ2) is 6.95. The summed E-state index contributed by atoms with van der Waals surface area (Å²) in [6.07, 6.45) is 6.56. The molecule has 124 valence electrons. The Kier molecular flexibility index (Phi) is 4.36. The molecule has 25 heavy (non-hydrogen) atoms. The van der Waals surface area contributed by atoms with E-state index >= 15 is 0 Å². The number of aromatic amines is 1. The van der Waals surface area contributed by atoms with E-state index < -0.39 is 0 Å². The first-order valence-corrected chi connectivity index (χ1v) is 8.50. The molecule has 0 fully saturated rings. The highest BCUT2D eigenvalue weighted by molar-refractivity contribution is 6.30. The maximum Gasteiger partial charge on any atom is 0.137 e. The fourth-order valence-electron chi connectivity index (χ4n) is 2.81. The number of anilines is 1. The summed E-state index contributed by atoms with van der Waals surface area (Å²) in [6, 6.07) is 16.0. The molecule has 2 N–H and O–H groups in total. The van der Waals surface area contributed by atoms with Crippen molar-refractivity contribution in [3.8, 4) is 0 Å². The standard InChI is InChI=1S/C20H17ClN4/c21-17-6-3-14(4-7-17)11-23-19-8-5-15(12-24-19)10-16-13-25-20-18(16)2-1-9-22-20/h1-9,12-13H,10-11H2,(H,22,25)(H,23,24). The lowest BCUT2D eigenvalue weighted by Gasteiger charge is -2.07. The molecule has 0 saturated carbocycles. The van der Waals surface area contributed by atoms with Gasteiger partial charge in [-0.2, -0.15) is 0 Å². The molecule has 0 saturated heterocycles. The molecule has 0 aliphatic carbocycles. The van der Waals surface area contributed by atoms with Crippen LogP contribution in [-0.2, 0) is 13.0 Å². The van der Waals surface area contributed by atoms with Gasteiger partial charge in [-0.3, -0.25) is 0 Å². The fraction of sp³-hybridized carbons (Fsp3) is 0.100. The van der Waals surface area contributed by atoms with Gasteiger partial charge in [0.05, 0.1) is 0 Å². The van der Waals surface area contributed by atoms with E-state index in [4.69, 9.17) is 11.6 Å². The summed E-state index contributed by atoms with van der Waals surface area (Å²) in [7, 11) is 0. The number of benzene rings is 1. The van der Waals surface area contributed by atoms with Gasteiger partial charge in [-0.15, -0.1) is 0 Å². The Morgan fingerprint density at radius 1 is 0.960 bits per heavy atom. The van der Waals surface area contributed by atoms with Gasteiger partial charge in [-0.05, 0) is 47.0 Å². The summed E-state index contributed by atoms with van der Waals surface area (Å²) in [5.74, 6) is 0.860. The molecular weight excluding hydrogens is 332 g/mol. The SMILES string of the molecule is Clc1ccc(CNc2ccc(Cc3c[nH]c4ncccc34)cn2)cc1. The molecular formula is C20H17ClN4. The lowest BCUT2D eigenvalue weighted by atomic mass is 10.1. The fourth-order valence-corrected chi connectivity index (χ4v) is 2.93. The van der Waals surface area contributed by atoms with Crippen molar-refractivity contribution in [1.82, 2.24) is 15.0 Å². The third-order valence-corrected chi connectivity index (χ3v) is 4.39. The van der Waals surface area contributed by atoms with E-state index in [0.29, 0.717) is 0 Å². The van der Waals surface area contributed by atoms with Gasteiger partial charge in [0.25, 0.3) is 0 Å². The number of pyridine rings is 2. The summed E-state index contributed by atoms with van der Waals surface area (Å²) >= 11 is 5.90. The quantitative estimate of drug-likeness (QED) is 0.544. The van der Waals surface area contributed by atoms with E-state index in [2.05, 4.69) is 32.4 Å². The highest BCUT2D eigenvalue weighted by Crippen LogP contribution is 2.19. The first-order chi connectivity index (χ1) is 12.3. The Morgan fingerprint density at radius 3 is 2.60 bits per heavy atom. The number of rotatable bonds is 5. The number of halogens is 1. The Labute approximate surface area is 150 Å². The molecule has 0 amide bonds. The molecule has 0 bridgehead atoms. The number of nitrogens with zero attached hydrogens (tertiary/aromatic N) is 2. The molecule has 0 aliphatic heterocycles. The molecule has 0 atom stereocenters. The Balaban J connectivity index is 1.42. The molecule has 4 rings (SSSR count). The zero-order valence-electron chi connectivity index (χ0n) is 13.5. The van der Waals surface area contributed by atoms with Crippen LogP contribution in [0.4, 0.5) is 5.82 Å². The minimum atomic E-state index is 0.720.